The molecule has 0 saturated carbocycles. The van der Waals surface area contributed by atoms with E-state index in [4.69, 9.17) is 5.73 Å². The molecule has 0 spiro atoms. The Morgan fingerprint density at radius 1 is 1.11 bits per heavy atom. The van der Waals surface area contributed by atoms with E-state index in [0.29, 0.717) is 5.11 Å². The van der Waals surface area contributed by atoms with Crippen molar-refractivity contribution in [1.82, 2.24) is 10.3 Å². The highest BCUT2D eigenvalue weighted by molar-refractivity contribution is 7.80. The van der Waals surface area contributed by atoms with Crippen molar-refractivity contribution in [3.8, 4) is 0 Å². The summed E-state index contributed by atoms with van der Waals surface area (Å²) in [5.74, 6) is 0. The van der Waals surface area contributed by atoms with Crippen LogP contribution < -0.4 is 11.1 Å². The fourth-order valence-electron chi connectivity index (χ4n) is 0.739. The van der Waals surface area contributed by atoms with Crippen molar-refractivity contribution in [3.05, 3.63) is 60.8 Å². The van der Waals surface area contributed by atoms with Gasteiger partial charge in [0.05, 0.1) is 5.03 Å². The fraction of sp³-hybridized carbons (Fsp3) is 0.0769. The molecule has 96 valence electrons. The second-order valence-electron chi connectivity index (χ2n) is 2.96. The molecule has 0 saturated heterocycles. The molecule has 1 aromatic carbocycles. The van der Waals surface area contributed by atoms with Crippen LogP contribution in [0.3, 0.4) is 0 Å². The molecule has 0 aliphatic carbocycles. The first-order valence-electron chi connectivity index (χ1n) is 5.24. The maximum absolute atomic E-state index is 4.91. The number of nitrogens with one attached hydrogen (secondary N) is 1. The van der Waals surface area contributed by atoms with Gasteiger partial charge in [-0.05, 0) is 24.4 Å². The van der Waals surface area contributed by atoms with Crippen LogP contribution in [0.1, 0.15) is 0 Å². The summed E-state index contributed by atoms with van der Waals surface area (Å²) >= 11 is 8.34. The third-order valence-electron chi connectivity index (χ3n) is 1.56. The number of rotatable bonds is 0. The molecule has 0 unspecified atom stereocenters. The van der Waals surface area contributed by atoms with Crippen LogP contribution in [0.2, 0.25) is 0 Å². The van der Waals surface area contributed by atoms with Crippen molar-refractivity contribution in [2.24, 2.45) is 5.73 Å². The minimum atomic E-state index is 0.338. The zero-order valence-electron chi connectivity index (χ0n) is 10.2. The van der Waals surface area contributed by atoms with Crippen molar-refractivity contribution in [3.63, 3.8) is 0 Å². The number of hydrogen-bond acceptors (Lipinski definition) is 3. The topological polar surface area (TPSA) is 50.9 Å². The lowest BCUT2D eigenvalue weighted by atomic mass is 10.4. The van der Waals surface area contributed by atoms with E-state index in [9.17, 15) is 0 Å². The molecular formula is C13H17N3S2. The molecule has 0 aliphatic rings. The van der Waals surface area contributed by atoms with E-state index in [1.165, 1.54) is 0 Å². The first-order valence-corrected chi connectivity index (χ1v) is 6.09. The van der Waals surface area contributed by atoms with E-state index in [1.54, 1.807) is 13.2 Å². The number of thiol groups is 1. The SMILES string of the molecule is CNC(N)=S.Sc1ccccn1.c1ccccc1. The molecule has 0 bridgehead atoms. The number of benzene rings is 1. The van der Waals surface area contributed by atoms with Gasteiger partial charge < -0.3 is 11.1 Å². The summed E-state index contributed by atoms with van der Waals surface area (Å²) in [5, 5.41) is 3.64. The monoisotopic (exact) mass is 279 g/mol. The molecule has 3 nitrogen and oxygen atoms in total. The molecule has 1 heterocycles. The van der Waals surface area contributed by atoms with Gasteiger partial charge in [0.25, 0.3) is 0 Å². The highest BCUT2D eigenvalue weighted by atomic mass is 32.1. The van der Waals surface area contributed by atoms with Crippen LogP contribution in [0.25, 0.3) is 0 Å². The van der Waals surface area contributed by atoms with Gasteiger partial charge in [-0.3, -0.25) is 4.98 Å². The van der Waals surface area contributed by atoms with Gasteiger partial charge in [-0.1, -0.05) is 42.5 Å². The number of pyridine rings is 1. The van der Waals surface area contributed by atoms with Crippen molar-refractivity contribution in [2.75, 3.05) is 7.05 Å². The summed E-state index contributed by atoms with van der Waals surface area (Å²) in [7, 11) is 1.68. The van der Waals surface area contributed by atoms with Gasteiger partial charge in [0, 0.05) is 13.2 Å². The minimum Gasteiger partial charge on any atom is -0.376 e. The van der Waals surface area contributed by atoms with Crippen LogP contribution in [0.4, 0.5) is 0 Å². The lowest BCUT2D eigenvalue weighted by Gasteiger charge is -1.85. The van der Waals surface area contributed by atoms with Gasteiger partial charge in [0.15, 0.2) is 5.11 Å². The lowest BCUT2D eigenvalue weighted by molar-refractivity contribution is 1.14. The molecular weight excluding hydrogens is 262 g/mol. The molecule has 2 aromatic rings. The van der Waals surface area contributed by atoms with Crippen molar-refractivity contribution >= 4 is 30.0 Å². The third kappa shape index (κ3) is 12.5. The fourth-order valence-corrected chi connectivity index (χ4v) is 0.891. The highest BCUT2D eigenvalue weighted by Gasteiger charge is 1.74. The third-order valence-corrected chi connectivity index (χ3v) is 2.03. The predicted octanol–water partition coefficient (Wildman–Crippen LogP) is 2.51. The average Bonchev–Trinajstić information content (AvgIpc) is 2.43. The maximum atomic E-state index is 4.91. The summed E-state index contributed by atoms with van der Waals surface area (Å²) in [6.07, 6.45) is 1.71. The van der Waals surface area contributed by atoms with Gasteiger partial charge in [-0.15, -0.1) is 12.6 Å². The Hall–Kier alpha value is -1.59. The van der Waals surface area contributed by atoms with Crippen molar-refractivity contribution in [1.29, 1.82) is 0 Å². The standard InChI is InChI=1S/C6H6.C5H5NS.C2H6N2S/c1-2-4-6-5-3-1;7-5-3-1-2-4-6-5;1-4-2(3)5/h1-6H;1-4H,(H,6,7);1H3,(H3,3,4,5). The summed E-state index contributed by atoms with van der Waals surface area (Å²) in [4.78, 5) is 3.84. The van der Waals surface area contributed by atoms with Crippen LogP contribution >= 0.6 is 24.8 Å². The zero-order valence-corrected chi connectivity index (χ0v) is 11.9. The van der Waals surface area contributed by atoms with E-state index in [-0.39, 0.29) is 0 Å². The summed E-state index contributed by atoms with van der Waals surface area (Å²) < 4.78 is 0. The Balaban J connectivity index is 0.000000245. The number of nitrogens with two attached hydrogens (primary N) is 1. The maximum Gasteiger partial charge on any atom is 0.163 e. The van der Waals surface area contributed by atoms with E-state index >= 15 is 0 Å². The Bertz CT molecular complexity index is 380. The smallest absolute Gasteiger partial charge is 0.163 e. The molecule has 3 N–H and O–H groups in total. The van der Waals surface area contributed by atoms with Gasteiger partial charge in [-0.2, -0.15) is 0 Å². The first-order chi connectivity index (χ1) is 8.66. The molecule has 0 radical (unpaired) electrons. The van der Waals surface area contributed by atoms with Gasteiger partial charge >= 0.3 is 0 Å². The van der Waals surface area contributed by atoms with E-state index in [1.807, 2.05) is 54.6 Å². The Labute approximate surface area is 119 Å². The van der Waals surface area contributed by atoms with Crippen molar-refractivity contribution < 1.29 is 0 Å². The van der Waals surface area contributed by atoms with Crippen LogP contribution in [-0.4, -0.2) is 17.1 Å². The van der Waals surface area contributed by atoms with Crippen LogP contribution in [0.15, 0.2) is 65.8 Å². The summed E-state index contributed by atoms with van der Waals surface area (Å²) in [6.45, 7) is 0. The highest BCUT2D eigenvalue weighted by Crippen LogP contribution is 1.95. The first kappa shape index (κ1) is 16.4. The number of nitrogens with zero attached hydrogens (tertiary/aromatic N) is 1. The lowest BCUT2D eigenvalue weighted by Crippen LogP contribution is -2.24. The zero-order chi connectivity index (χ0) is 13.6. The summed E-state index contributed by atoms with van der Waals surface area (Å²) in [5.41, 5.74) is 4.91. The molecule has 0 amide bonds. The number of thiocarbonyl (C=S) groups is 1. The molecule has 0 fully saturated rings. The van der Waals surface area contributed by atoms with E-state index < -0.39 is 0 Å². The van der Waals surface area contributed by atoms with Gasteiger partial charge in [-0.25, -0.2) is 0 Å². The molecule has 18 heavy (non-hydrogen) atoms. The second-order valence-corrected chi connectivity index (χ2v) is 3.85. The largest absolute Gasteiger partial charge is 0.376 e. The molecule has 5 heteroatoms. The molecule has 0 aliphatic heterocycles. The number of aromatic nitrogens is 1. The van der Waals surface area contributed by atoms with E-state index in [0.717, 1.165) is 5.03 Å². The van der Waals surface area contributed by atoms with Gasteiger partial charge in [0.2, 0.25) is 0 Å². The Morgan fingerprint density at radius 2 is 1.56 bits per heavy atom. The Kier molecular flexibility index (Phi) is 10.8. The molecule has 2 rings (SSSR count). The molecule has 1 aromatic heterocycles. The van der Waals surface area contributed by atoms with Gasteiger partial charge in [0.1, 0.15) is 0 Å². The van der Waals surface area contributed by atoms with Crippen molar-refractivity contribution in [2.45, 2.75) is 5.03 Å². The summed E-state index contributed by atoms with van der Waals surface area (Å²) in [6, 6.07) is 17.6. The second kappa shape index (κ2) is 11.9. The van der Waals surface area contributed by atoms with E-state index in [2.05, 4.69) is 35.1 Å². The molecule has 0 atom stereocenters. The predicted molar refractivity (Wildman–Crippen MR) is 83.8 cm³/mol. The van der Waals surface area contributed by atoms with Crippen LogP contribution in [0.5, 0.6) is 0 Å². The Morgan fingerprint density at radius 3 is 1.72 bits per heavy atom. The quantitative estimate of drug-likeness (QED) is 0.512. The average molecular weight is 279 g/mol. The van der Waals surface area contributed by atoms with Crippen LogP contribution in [-0.2, 0) is 0 Å². The normalized spacial score (nSPS) is 7.89. The minimum absolute atomic E-state index is 0.338. The van der Waals surface area contributed by atoms with Crippen LogP contribution in [0, 0.1) is 0 Å². The number of hydrogen-bond donors (Lipinski definition) is 3.